The lowest BCUT2D eigenvalue weighted by Gasteiger charge is -2.53. The minimum absolute atomic E-state index is 0.0135. The summed E-state index contributed by atoms with van der Waals surface area (Å²) in [5.41, 5.74) is 0.590. The molecule has 0 bridgehead atoms. The highest BCUT2D eigenvalue weighted by molar-refractivity contribution is 6.74. The fraction of sp³-hybridized carbons (Fsp3) is 0.645. The Labute approximate surface area is 252 Å². The van der Waals surface area contributed by atoms with Gasteiger partial charge in [0.1, 0.15) is 18.1 Å². The number of carbonyl (C=O) groups is 1. The van der Waals surface area contributed by atoms with Crippen LogP contribution in [0.4, 0.5) is 5.82 Å². The molecule has 1 aromatic heterocycles. The number of nitrogens with one attached hydrogen (secondary N) is 1. The fourth-order valence-electron chi connectivity index (χ4n) is 5.68. The zero-order valence-corrected chi connectivity index (χ0v) is 29.2. The first-order valence-electron chi connectivity index (χ1n) is 14.9. The Bertz CT molecular complexity index is 1330. The Hall–Kier alpha value is -2.16. The highest BCUT2D eigenvalue weighted by Gasteiger charge is 2.63. The van der Waals surface area contributed by atoms with Crippen LogP contribution >= 0.6 is 0 Å². The molecular formula is C31H49N3O6Si2. The van der Waals surface area contributed by atoms with Crippen LogP contribution in [-0.4, -0.2) is 51.2 Å². The Kier molecular flexibility index (Phi) is 8.89. The summed E-state index contributed by atoms with van der Waals surface area (Å²) in [7, 11) is -4.83. The number of ether oxygens (including phenoxy) is 1. The Morgan fingerprint density at radius 2 is 1.67 bits per heavy atom. The molecule has 0 unspecified atom stereocenters. The molecule has 9 nitrogen and oxygen atoms in total. The second kappa shape index (κ2) is 11.4. The number of benzene rings is 1. The average Bonchev–Trinajstić information content (AvgIpc) is 3.29. The lowest BCUT2D eigenvalue weighted by Crippen LogP contribution is -2.64. The number of hydrogen-bond donors (Lipinski definition) is 1. The molecule has 3 heterocycles. The number of fused-ring (bicyclic) bond motifs is 1. The zero-order chi connectivity index (χ0) is 31.3. The Balaban J connectivity index is 1.65. The van der Waals surface area contributed by atoms with E-state index >= 15 is 0 Å². The number of anilines is 1. The van der Waals surface area contributed by atoms with Crippen molar-refractivity contribution in [2.45, 2.75) is 122 Å². The first kappa shape index (κ1) is 32.8. The molecule has 2 fully saturated rings. The van der Waals surface area contributed by atoms with Crippen molar-refractivity contribution in [3.8, 4) is 0 Å². The fourth-order valence-corrected chi connectivity index (χ4v) is 11.6. The number of rotatable bonds is 6. The molecule has 2 saturated heterocycles. The second-order valence-electron chi connectivity index (χ2n) is 15.1. The van der Waals surface area contributed by atoms with Gasteiger partial charge in [-0.15, -0.1) is 0 Å². The third kappa shape index (κ3) is 6.36. The number of carbonyl (C=O) groups excluding carboxylic acids is 1. The van der Waals surface area contributed by atoms with Crippen molar-refractivity contribution in [1.29, 1.82) is 0 Å². The molecule has 0 spiro atoms. The van der Waals surface area contributed by atoms with Crippen LogP contribution in [0.3, 0.4) is 0 Å². The molecule has 42 heavy (non-hydrogen) atoms. The van der Waals surface area contributed by atoms with Crippen molar-refractivity contribution in [1.82, 2.24) is 9.55 Å². The van der Waals surface area contributed by atoms with Crippen molar-refractivity contribution in [2.75, 3.05) is 11.9 Å². The van der Waals surface area contributed by atoms with Crippen LogP contribution in [0.5, 0.6) is 0 Å². The minimum atomic E-state index is -2.68. The Morgan fingerprint density at radius 3 is 2.24 bits per heavy atom. The van der Waals surface area contributed by atoms with E-state index in [0.717, 1.165) is 0 Å². The maximum Gasteiger partial charge on any atom is 0.351 e. The molecule has 0 saturated carbocycles. The van der Waals surface area contributed by atoms with Crippen molar-refractivity contribution < 1.29 is 22.8 Å². The van der Waals surface area contributed by atoms with Gasteiger partial charge in [-0.05, 0) is 30.3 Å². The molecule has 232 valence electrons. The van der Waals surface area contributed by atoms with E-state index < -0.39 is 28.8 Å². The largest absolute Gasteiger partial charge is 0.412 e. The van der Waals surface area contributed by atoms with E-state index in [2.05, 4.69) is 85.7 Å². The molecule has 2 aliphatic rings. The van der Waals surface area contributed by atoms with Crippen LogP contribution in [0.2, 0.25) is 28.2 Å². The molecule has 0 radical (unpaired) electrons. The van der Waals surface area contributed by atoms with Crippen LogP contribution in [0.1, 0.15) is 90.9 Å². The molecule has 1 amide bonds. The first-order valence-corrected chi connectivity index (χ1v) is 19.6. The number of aromatic nitrogens is 2. The lowest BCUT2D eigenvalue weighted by molar-refractivity contribution is -0.0809. The van der Waals surface area contributed by atoms with Gasteiger partial charge >= 0.3 is 14.3 Å². The molecular weight excluding hydrogens is 567 g/mol. The van der Waals surface area contributed by atoms with E-state index in [1.807, 2.05) is 6.07 Å². The van der Waals surface area contributed by atoms with Crippen molar-refractivity contribution in [3.05, 3.63) is 58.1 Å². The van der Waals surface area contributed by atoms with E-state index in [9.17, 15) is 9.59 Å². The predicted octanol–water partition coefficient (Wildman–Crippen LogP) is 6.76. The quantitative estimate of drug-likeness (QED) is 0.358. The van der Waals surface area contributed by atoms with Crippen molar-refractivity contribution in [3.63, 3.8) is 0 Å². The minimum Gasteiger partial charge on any atom is -0.412 e. The van der Waals surface area contributed by atoms with Gasteiger partial charge in [-0.1, -0.05) is 80.5 Å². The monoisotopic (exact) mass is 615 g/mol. The van der Waals surface area contributed by atoms with Crippen LogP contribution in [-0.2, 0) is 24.6 Å². The summed E-state index contributed by atoms with van der Waals surface area (Å²) in [6, 6.07) is 8.87. The van der Waals surface area contributed by atoms with Crippen LogP contribution < -0.4 is 11.0 Å². The number of nitrogens with zero attached hydrogens (tertiary/aromatic N) is 2. The molecule has 1 aromatic carbocycles. The van der Waals surface area contributed by atoms with E-state index in [1.165, 1.54) is 4.57 Å². The number of hydrogen-bond acceptors (Lipinski definition) is 7. The van der Waals surface area contributed by atoms with Crippen molar-refractivity contribution in [2.24, 2.45) is 0 Å². The summed E-state index contributed by atoms with van der Waals surface area (Å²) < 4.78 is 27.9. The van der Waals surface area contributed by atoms with Gasteiger partial charge in [-0.25, -0.2) is 4.79 Å². The van der Waals surface area contributed by atoms with Gasteiger partial charge in [0.2, 0.25) is 0 Å². The first-order chi connectivity index (χ1) is 19.3. The molecule has 2 aliphatic heterocycles. The third-order valence-electron chi connectivity index (χ3n) is 8.92. The maximum absolute atomic E-state index is 13.4. The van der Waals surface area contributed by atoms with E-state index in [0.29, 0.717) is 24.2 Å². The Morgan fingerprint density at radius 1 is 1.05 bits per heavy atom. The molecule has 0 aliphatic carbocycles. The van der Waals surface area contributed by atoms with E-state index in [4.69, 9.17) is 18.0 Å². The van der Waals surface area contributed by atoms with Gasteiger partial charge in [-0.2, -0.15) is 4.98 Å². The lowest BCUT2D eigenvalue weighted by atomic mass is 10.2. The summed E-state index contributed by atoms with van der Waals surface area (Å²) in [5, 5.41) is 2.53. The highest BCUT2D eigenvalue weighted by atomic mass is 28.4. The summed E-state index contributed by atoms with van der Waals surface area (Å²) >= 11 is 0. The van der Waals surface area contributed by atoms with Crippen molar-refractivity contribution >= 4 is 28.6 Å². The molecule has 11 heteroatoms. The average molecular weight is 616 g/mol. The van der Waals surface area contributed by atoms with Gasteiger partial charge in [-0.3, -0.25) is 9.36 Å². The predicted molar refractivity (Wildman–Crippen MR) is 169 cm³/mol. The zero-order valence-electron chi connectivity index (χ0n) is 27.2. The van der Waals surface area contributed by atoms with Gasteiger partial charge < -0.3 is 23.3 Å². The van der Waals surface area contributed by atoms with Gasteiger partial charge in [0.05, 0.1) is 19.3 Å². The van der Waals surface area contributed by atoms with Crippen LogP contribution in [0.15, 0.2) is 41.3 Å². The van der Waals surface area contributed by atoms with Crippen LogP contribution in [0, 0.1) is 0 Å². The van der Waals surface area contributed by atoms with Gasteiger partial charge in [0.25, 0.3) is 5.91 Å². The number of amides is 1. The summed E-state index contributed by atoms with van der Waals surface area (Å²) in [6.45, 7) is 24.6. The summed E-state index contributed by atoms with van der Waals surface area (Å²) in [4.78, 5) is 30.8. The summed E-state index contributed by atoms with van der Waals surface area (Å²) in [6.07, 6.45) is 1.19. The SMILES string of the molecule is CC(C)(C)[Si](C)(C)OCc1cn([C@H]2C[C@@H]3O[Si](C(C)(C)C)(C(C)(C)C)OC[C@H]3O2)c(=O)nc1NC(=O)c1ccccc1. The molecule has 4 rings (SSSR count). The molecule has 3 atom stereocenters. The maximum atomic E-state index is 13.4. The van der Waals surface area contributed by atoms with E-state index in [-0.39, 0.29) is 45.7 Å². The highest BCUT2D eigenvalue weighted by Crippen LogP contribution is 2.55. The molecule has 2 aromatic rings. The third-order valence-corrected chi connectivity index (χ3v) is 18.6. The standard InChI is InChI=1S/C31H49N3O6Si2/c1-29(2,3)41(10,11)37-19-22-18-34(28(36)33-26(22)32-27(35)21-15-13-12-14-16-21)25-17-23-24(39-25)20-38-42(40-23,30(4,5)6)31(7,8)9/h12-16,18,23-25H,17,19-20H2,1-11H3,(H,32,33,35,36)/t23-,24+,25+/m0/s1. The normalized spacial score (nSPS) is 23.0. The molecule has 1 N–H and O–H groups in total. The smallest absolute Gasteiger partial charge is 0.351 e. The topological polar surface area (TPSA) is 101 Å². The van der Waals surface area contributed by atoms with Crippen LogP contribution in [0.25, 0.3) is 0 Å². The van der Waals surface area contributed by atoms with Gasteiger partial charge in [0.15, 0.2) is 8.32 Å². The van der Waals surface area contributed by atoms with E-state index in [1.54, 1.807) is 30.5 Å². The second-order valence-corrected chi connectivity index (χ2v) is 24.7. The summed E-state index contributed by atoms with van der Waals surface area (Å²) in [5.74, 6) is -0.140. The van der Waals surface area contributed by atoms with Gasteiger partial charge in [0, 0.05) is 33.8 Å².